The normalized spacial score (nSPS) is 14.9. The number of allylic oxidation sites excluding steroid dienone is 4. The Morgan fingerprint density at radius 3 is 1.72 bits per heavy atom. The van der Waals surface area contributed by atoms with Crippen LogP contribution in [0.4, 0.5) is 0 Å². The summed E-state index contributed by atoms with van der Waals surface area (Å²) >= 11 is 2.03. The molecule has 0 aromatic rings. The molecule has 0 radical (unpaired) electrons. The van der Waals surface area contributed by atoms with Crippen LogP contribution in [0.15, 0.2) is 18.2 Å². The first-order chi connectivity index (χ1) is 6.89. The first kappa shape index (κ1) is 31.7. The van der Waals surface area contributed by atoms with Crippen molar-refractivity contribution in [2.75, 3.05) is 0 Å². The molecule has 0 aliphatic heterocycles. The predicted molar refractivity (Wildman–Crippen MR) is 94.0 cm³/mol. The summed E-state index contributed by atoms with van der Waals surface area (Å²) in [4.78, 5) is 0. The van der Waals surface area contributed by atoms with Crippen LogP contribution in [0.1, 0.15) is 38.5 Å². The van der Waals surface area contributed by atoms with Crippen LogP contribution >= 0.6 is 34.1 Å². The van der Waals surface area contributed by atoms with Crippen LogP contribution in [0.2, 0.25) is 0 Å². The molecular formula is C13H28Cl2PSiTi-3. The predicted octanol–water partition coefficient (Wildman–Crippen LogP) is 4.33. The molecular weight excluding hydrogens is 334 g/mol. The molecule has 0 spiro atoms. The number of halogens is 2. The maximum atomic E-state index is 2.99. The van der Waals surface area contributed by atoms with Gasteiger partial charge in [0.15, 0.2) is 0 Å². The molecule has 2 aliphatic carbocycles. The third-order valence-electron chi connectivity index (χ3n) is 2.24. The van der Waals surface area contributed by atoms with Crippen molar-refractivity contribution in [1.29, 1.82) is 0 Å². The fourth-order valence-electron chi connectivity index (χ4n) is 1.47. The molecule has 2 rings (SSSR count). The standard InChI is InChI=1S/C6H13P.C5H5.2CH3.2ClH.H2Si.Ti/c7-6-4-2-1-3-5-6;1-2-4-5-3-1;;;;;;/h6H,1-5,7H2;1-3H,4H2;2*1H3;2*1H;1H2;/q;3*-1;;;;. The first-order valence-electron chi connectivity index (χ1n) is 5.22. The summed E-state index contributed by atoms with van der Waals surface area (Å²) in [7, 11) is 4.77. The second-order valence-corrected chi connectivity index (χ2v) is 4.34. The van der Waals surface area contributed by atoms with Crippen molar-refractivity contribution in [3.05, 3.63) is 39.2 Å². The van der Waals surface area contributed by atoms with E-state index in [1.54, 1.807) is 0 Å². The molecule has 0 heterocycles. The van der Waals surface area contributed by atoms with Crippen molar-refractivity contribution in [3.8, 4) is 0 Å². The summed E-state index contributed by atoms with van der Waals surface area (Å²) in [5.41, 5.74) is 0.953. The van der Waals surface area contributed by atoms with Crippen LogP contribution in [0.25, 0.3) is 0 Å². The Morgan fingerprint density at radius 1 is 1.06 bits per heavy atom. The summed E-state index contributed by atoms with van der Waals surface area (Å²) < 4.78 is 0. The SMILES string of the molecule is Cl.Cl.PC1CCCCC1.[C-]1=CC=CC1.[CH3-].[CH3-].[SiH2]=[Ti]. The molecule has 18 heavy (non-hydrogen) atoms. The van der Waals surface area contributed by atoms with E-state index in [1.807, 2.05) is 39.0 Å². The van der Waals surface area contributed by atoms with Crippen LogP contribution in [0.5, 0.6) is 0 Å². The summed E-state index contributed by atoms with van der Waals surface area (Å²) in [5.74, 6) is 0. The van der Waals surface area contributed by atoms with Crippen LogP contribution in [0.3, 0.4) is 0 Å². The Labute approximate surface area is 143 Å². The Bertz CT molecular complexity index is 174. The molecule has 1 saturated carbocycles. The van der Waals surface area contributed by atoms with E-state index in [4.69, 9.17) is 0 Å². The molecule has 2 aliphatic rings. The van der Waals surface area contributed by atoms with Gasteiger partial charge in [0.1, 0.15) is 0 Å². The van der Waals surface area contributed by atoms with Gasteiger partial charge in [-0.05, 0) is 18.5 Å². The number of rotatable bonds is 0. The van der Waals surface area contributed by atoms with Crippen LogP contribution in [0, 0.1) is 20.9 Å². The van der Waals surface area contributed by atoms with Crippen LogP contribution in [-0.2, 0) is 19.2 Å². The molecule has 0 amide bonds. The zero-order valence-corrected chi connectivity index (χ0v) is 17.4. The van der Waals surface area contributed by atoms with Crippen molar-refractivity contribution in [1.82, 2.24) is 0 Å². The molecule has 1 fully saturated rings. The summed E-state index contributed by atoms with van der Waals surface area (Å²) in [6, 6.07) is 0. The summed E-state index contributed by atoms with van der Waals surface area (Å²) in [5, 5.41) is 0. The monoisotopic (exact) mass is 361 g/mol. The summed E-state index contributed by atoms with van der Waals surface area (Å²) in [6.45, 7) is 0. The van der Waals surface area contributed by atoms with Crippen molar-refractivity contribution < 1.29 is 19.2 Å². The molecule has 0 saturated heterocycles. The van der Waals surface area contributed by atoms with E-state index >= 15 is 0 Å². The topological polar surface area (TPSA) is 0 Å². The van der Waals surface area contributed by atoms with E-state index in [2.05, 4.69) is 21.4 Å². The van der Waals surface area contributed by atoms with E-state index in [0.29, 0.717) is 0 Å². The molecule has 0 bridgehead atoms. The third-order valence-corrected chi connectivity index (χ3v) is 2.90. The molecule has 110 valence electrons. The minimum absolute atomic E-state index is 0. The van der Waals surface area contributed by atoms with Gasteiger partial charge in [0.25, 0.3) is 0 Å². The molecule has 1 unspecified atom stereocenters. The van der Waals surface area contributed by atoms with Gasteiger partial charge in [0, 0.05) is 0 Å². The Balaban J connectivity index is -0.0000000470. The average Bonchev–Trinajstić information content (AvgIpc) is 2.80. The van der Waals surface area contributed by atoms with Gasteiger partial charge in [-0.1, -0.05) is 19.3 Å². The molecule has 1 atom stereocenters. The van der Waals surface area contributed by atoms with E-state index in [-0.39, 0.29) is 39.7 Å². The van der Waals surface area contributed by atoms with Gasteiger partial charge in [-0.15, -0.1) is 40.5 Å². The zero-order chi connectivity index (χ0) is 10.6. The van der Waals surface area contributed by atoms with Gasteiger partial charge in [-0.2, -0.15) is 6.08 Å². The van der Waals surface area contributed by atoms with Crippen molar-refractivity contribution in [2.45, 2.75) is 44.2 Å². The quantitative estimate of drug-likeness (QED) is 0.342. The maximum absolute atomic E-state index is 2.99. The first-order valence-corrected chi connectivity index (χ1v) is 9.91. The van der Waals surface area contributed by atoms with Gasteiger partial charge in [-0.3, -0.25) is 6.08 Å². The van der Waals surface area contributed by atoms with Crippen molar-refractivity contribution in [3.63, 3.8) is 0 Å². The Hall–Kier alpha value is 1.42. The van der Waals surface area contributed by atoms with Crippen LogP contribution < -0.4 is 0 Å². The molecule has 0 nitrogen and oxygen atoms in total. The molecule has 0 N–H and O–H groups in total. The van der Waals surface area contributed by atoms with E-state index < -0.39 is 0 Å². The van der Waals surface area contributed by atoms with Crippen molar-refractivity contribution in [2.24, 2.45) is 0 Å². The van der Waals surface area contributed by atoms with Crippen LogP contribution in [-0.4, -0.2) is 13.3 Å². The van der Waals surface area contributed by atoms with Gasteiger partial charge in [0.05, 0.1) is 0 Å². The molecule has 5 heteroatoms. The summed E-state index contributed by atoms with van der Waals surface area (Å²) in [6.07, 6.45) is 17.3. The second-order valence-electron chi connectivity index (χ2n) is 3.40. The molecule has 0 aromatic heterocycles. The minimum atomic E-state index is 0. The Kier molecular flexibility index (Phi) is 47.3. The Morgan fingerprint density at radius 2 is 1.56 bits per heavy atom. The second kappa shape index (κ2) is 26.9. The van der Waals surface area contributed by atoms with Gasteiger partial charge < -0.3 is 14.9 Å². The van der Waals surface area contributed by atoms with Gasteiger partial charge >= 0.3 is 26.8 Å². The van der Waals surface area contributed by atoms with Gasteiger partial charge in [0.2, 0.25) is 0 Å². The fourth-order valence-corrected chi connectivity index (χ4v) is 1.95. The van der Waals surface area contributed by atoms with Gasteiger partial charge in [-0.25, -0.2) is 12.2 Å². The van der Waals surface area contributed by atoms with E-state index in [1.165, 1.54) is 32.1 Å². The van der Waals surface area contributed by atoms with Crippen molar-refractivity contribution >= 4 is 41.7 Å². The van der Waals surface area contributed by atoms with E-state index in [0.717, 1.165) is 12.1 Å². The number of hydrogen-bond acceptors (Lipinski definition) is 0. The molecule has 0 aromatic carbocycles. The third kappa shape index (κ3) is 22.6. The number of hydrogen-bond donors (Lipinski definition) is 0. The average molecular weight is 362 g/mol. The zero-order valence-electron chi connectivity index (χ0n) is 11.7. The van der Waals surface area contributed by atoms with E-state index in [9.17, 15) is 0 Å². The fraction of sp³-hybridized carbons (Fsp3) is 0.538.